The number of ketones is 1. The number of hydrazone groups is 1. The fraction of sp³-hybridized carbons (Fsp3) is 0.190. The molecule has 1 aromatic carbocycles. The van der Waals surface area contributed by atoms with Crippen molar-refractivity contribution in [3.63, 3.8) is 0 Å². The summed E-state index contributed by atoms with van der Waals surface area (Å²) in [5.74, 6) is -0.586. The third kappa shape index (κ3) is 3.26. The third-order valence-corrected chi connectivity index (χ3v) is 4.77. The van der Waals surface area contributed by atoms with Gasteiger partial charge in [0.1, 0.15) is 5.82 Å². The molecule has 1 aliphatic carbocycles. The molecule has 0 spiro atoms. The summed E-state index contributed by atoms with van der Waals surface area (Å²) >= 11 is 0. The Morgan fingerprint density at radius 2 is 1.93 bits per heavy atom. The maximum absolute atomic E-state index is 13.2. The number of halogens is 1. The van der Waals surface area contributed by atoms with Gasteiger partial charge in [0.2, 0.25) is 11.7 Å². The Morgan fingerprint density at radius 3 is 2.63 bits per heavy atom. The number of benzene rings is 1. The van der Waals surface area contributed by atoms with Gasteiger partial charge in [-0.1, -0.05) is 6.07 Å². The average molecular weight is 363 g/mol. The largest absolute Gasteiger partial charge is 0.313 e. The molecular formula is C21H18FN3O2. The van der Waals surface area contributed by atoms with Gasteiger partial charge >= 0.3 is 0 Å². The topological polar surface area (TPSA) is 62.9 Å². The number of amides is 1. The van der Waals surface area contributed by atoms with Crippen molar-refractivity contribution < 1.29 is 14.0 Å². The van der Waals surface area contributed by atoms with Gasteiger partial charge in [0.05, 0.1) is 17.4 Å². The van der Waals surface area contributed by atoms with E-state index in [0.29, 0.717) is 11.3 Å². The van der Waals surface area contributed by atoms with Crippen LogP contribution in [0.1, 0.15) is 40.0 Å². The fourth-order valence-electron chi connectivity index (χ4n) is 3.14. The van der Waals surface area contributed by atoms with Gasteiger partial charge in [0.25, 0.3) is 0 Å². The zero-order chi connectivity index (χ0) is 19.0. The summed E-state index contributed by atoms with van der Waals surface area (Å²) in [6.07, 6.45) is 5.20. The molecule has 0 saturated heterocycles. The molecule has 1 saturated carbocycles. The lowest BCUT2D eigenvalue weighted by atomic mass is 10.0. The lowest BCUT2D eigenvalue weighted by molar-refractivity contribution is -0.122. The van der Waals surface area contributed by atoms with Crippen LogP contribution in [0, 0.1) is 18.7 Å². The number of aromatic nitrogens is 1. The van der Waals surface area contributed by atoms with Crippen molar-refractivity contribution in [3.05, 3.63) is 76.9 Å². The second-order valence-corrected chi connectivity index (χ2v) is 6.69. The standard InChI is InChI=1S/C21H18FN3O2/c1-13-17(12-23-24-21(27)15-5-6-15)18-4-2-3-11-25(18)19(13)20(26)14-7-9-16(22)10-8-14/h2-4,7-12,15H,5-6H2,1H3,(H,24,27). The zero-order valence-corrected chi connectivity index (χ0v) is 14.8. The fourth-order valence-corrected chi connectivity index (χ4v) is 3.14. The minimum atomic E-state index is -0.387. The van der Waals surface area contributed by atoms with Gasteiger partial charge in [-0.15, -0.1) is 0 Å². The van der Waals surface area contributed by atoms with Crippen molar-refractivity contribution in [3.8, 4) is 0 Å². The van der Waals surface area contributed by atoms with E-state index in [2.05, 4.69) is 10.5 Å². The highest BCUT2D eigenvalue weighted by atomic mass is 19.1. The Kier molecular flexibility index (Phi) is 4.32. The number of hydrogen-bond donors (Lipinski definition) is 1. The van der Waals surface area contributed by atoms with Crippen LogP contribution in [-0.4, -0.2) is 22.3 Å². The molecule has 0 radical (unpaired) electrons. The molecule has 3 aromatic rings. The minimum Gasteiger partial charge on any atom is -0.313 e. The van der Waals surface area contributed by atoms with Gasteiger partial charge in [0.15, 0.2) is 0 Å². The van der Waals surface area contributed by atoms with Crippen LogP contribution in [0.25, 0.3) is 5.52 Å². The first-order valence-electron chi connectivity index (χ1n) is 8.79. The Hall–Kier alpha value is -3.28. The van der Waals surface area contributed by atoms with Crippen molar-refractivity contribution in [2.75, 3.05) is 0 Å². The van der Waals surface area contributed by atoms with E-state index in [1.54, 1.807) is 16.8 Å². The van der Waals surface area contributed by atoms with E-state index in [1.807, 2.05) is 25.1 Å². The molecule has 136 valence electrons. The summed E-state index contributed by atoms with van der Waals surface area (Å²) in [6, 6.07) is 11.1. The summed E-state index contributed by atoms with van der Waals surface area (Å²) in [7, 11) is 0. The third-order valence-electron chi connectivity index (χ3n) is 4.77. The first kappa shape index (κ1) is 17.1. The van der Waals surface area contributed by atoms with Gasteiger partial charge < -0.3 is 4.40 Å². The molecule has 0 unspecified atom stereocenters. The van der Waals surface area contributed by atoms with E-state index >= 15 is 0 Å². The molecule has 2 heterocycles. The summed E-state index contributed by atoms with van der Waals surface area (Å²) in [6.45, 7) is 1.84. The van der Waals surface area contributed by atoms with Gasteiger partial charge in [-0.3, -0.25) is 9.59 Å². The number of rotatable bonds is 5. The Bertz CT molecular complexity index is 1060. The predicted octanol–water partition coefficient (Wildman–Crippen LogP) is 3.48. The Labute approximate surface area is 155 Å². The molecule has 0 aliphatic heterocycles. The second kappa shape index (κ2) is 6.79. The monoisotopic (exact) mass is 363 g/mol. The molecule has 1 amide bonds. The highest BCUT2D eigenvalue weighted by Crippen LogP contribution is 2.29. The molecule has 2 aromatic heterocycles. The average Bonchev–Trinajstić information content (AvgIpc) is 3.48. The molecule has 1 fully saturated rings. The minimum absolute atomic E-state index is 0.0737. The van der Waals surface area contributed by atoms with Crippen LogP contribution in [0.5, 0.6) is 0 Å². The molecule has 1 aliphatic rings. The molecule has 6 heteroatoms. The molecule has 0 atom stereocenters. The SMILES string of the molecule is Cc1c(C=NNC(=O)C2CC2)c2ccccn2c1C(=O)c1ccc(F)cc1. The van der Waals surface area contributed by atoms with Crippen LogP contribution in [0.15, 0.2) is 53.8 Å². The van der Waals surface area contributed by atoms with Gasteiger partial charge in [-0.05, 0) is 61.7 Å². The number of carbonyl (C=O) groups excluding carboxylic acids is 2. The highest BCUT2D eigenvalue weighted by molar-refractivity contribution is 6.12. The number of pyridine rings is 1. The normalized spacial score (nSPS) is 14.0. The van der Waals surface area contributed by atoms with Crippen LogP contribution in [0.2, 0.25) is 0 Å². The van der Waals surface area contributed by atoms with Gasteiger partial charge in [-0.2, -0.15) is 5.10 Å². The van der Waals surface area contributed by atoms with Crippen molar-refractivity contribution in [2.45, 2.75) is 19.8 Å². The van der Waals surface area contributed by atoms with E-state index in [-0.39, 0.29) is 23.4 Å². The van der Waals surface area contributed by atoms with Crippen LogP contribution in [0.3, 0.4) is 0 Å². The van der Waals surface area contributed by atoms with Crippen LogP contribution < -0.4 is 5.43 Å². The van der Waals surface area contributed by atoms with Crippen LogP contribution >= 0.6 is 0 Å². The molecule has 5 nitrogen and oxygen atoms in total. The van der Waals surface area contributed by atoms with E-state index in [4.69, 9.17) is 0 Å². The molecule has 1 N–H and O–H groups in total. The summed E-state index contributed by atoms with van der Waals surface area (Å²) in [4.78, 5) is 24.8. The lowest BCUT2D eigenvalue weighted by Crippen LogP contribution is -2.19. The van der Waals surface area contributed by atoms with E-state index in [0.717, 1.165) is 29.5 Å². The molecular weight excluding hydrogens is 345 g/mol. The quantitative estimate of drug-likeness (QED) is 0.429. The van der Waals surface area contributed by atoms with Crippen molar-refractivity contribution in [2.24, 2.45) is 11.0 Å². The first-order chi connectivity index (χ1) is 13.1. The molecule has 0 bridgehead atoms. The Balaban J connectivity index is 1.73. The summed E-state index contributed by atoms with van der Waals surface area (Å²) in [5, 5.41) is 4.07. The van der Waals surface area contributed by atoms with E-state index in [9.17, 15) is 14.0 Å². The number of nitrogens with zero attached hydrogens (tertiary/aromatic N) is 2. The molecule has 4 rings (SSSR count). The van der Waals surface area contributed by atoms with Crippen molar-refractivity contribution in [1.29, 1.82) is 0 Å². The second-order valence-electron chi connectivity index (χ2n) is 6.69. The smallest absolute Gasteiger partial charge is 0.243 e. The van der Waals surface area contributed by atoms with Crippen LogP contribution in [-0.2, 0) is 4.79 Å². The summed E-state index contributed by atoms with van der Waals surface area (Å²) in [5.41, 5.74) is 5.78. The number of carbonyl (C=O) groups is 2. The maximum Gasteiger partial charge on any atom is 0.243 e. The van der Waals surface area contributed by atoms with Gasteiger partial charge in [0, 0.05) is 23.2 Å². The van der Waals surface area contributed by atoms with Crippen molar-refractivity contribution >= 4 is 23.4 Å². The Morgan fingerprint density at radius 1 is 1.19 bits per heavy atom. The lowest BCUT2D eigenvalue weighted by Gasteiger charge is -2.04. The van der Waals surface area contributed by atoms with Gasteiger partial charge in [-0.25, -0.2) is 9.82 Å². The highest BCUT2D eigenvalue weighted by Gasteiger charge is 2.29. The number of nitrogens with one attached hydrogen (secondary N) is 1. The van der Waals surface area contributed by atoms with E-state index in [1.165, 1.54) is 24.3 Å². The number of hydrogen-bond acceptors (Lipinski definition) is 3. The van der Waals surface area contributed by atoms with E-state index < -0.39 is 0 Å². The molecule has 27 heavy (non-hydrogen) atoms. The zero-order valence-electron chi connectivity index (χ0n) is 14.8. The van der Waals surface area contributed by atoms with Crippen molar-refractivity contribution in [1.82, 2.24) is 9.83 Å². The number of fused-ring (bicyclic) bond motifs is 1. The summed E-state index contributed by atoms with van der Waals surface area (Å²) < 4.78 is 15.0. The van der Waals surface area contributed by atoms with Crippen LogP contribution in [0.4, 0.5) is 4.39 Å². The first-order valence-corrected chi connectivity index (χ1v) is 8.79. The predicted molar refractivity (Wildman–Crippen MR) is 100 cm³/mol. The maximum atomic E-state index is 13.2.